The maximum absolute atomic E-state index is 10.4. The van der Waals surface area contributed by atoms with Gasteiger partial charge in [-0.2, -0.15) is 0 Å². The average molecular weight is 247 g/mol. The van der Waals surface area contributed by atoms with Crippen LogP contribution in [0.2, 0.25) is 0 Å². The lowest BCUT2D eigenvalue weighted by Gasteiger charge is -2.30. The number of alkyl halides is 1. The van der Waals surface area contributed by atoms with Gasteiger partial charge < -0.3 is 5.73 Å². The smallest absolute Gasteiger partial charge is 0.155 e. The summed E-state index contributed by atoms with van der Waals surface area (Å²) in [7, 11) is -2.72. The van der Waals surface area contributed by atoms with Gasteiger partial charge in [-0.3, -0.25) is 0 Å². The third kappa shape index (κ3) is 1.32. The molecule has 8 heavy (non-hydrogen) atoms. The van der Waals surface area contributed by atoms with Crippen molar-refractivity contribution in [2.45, 2.75) is 3.55 Å². The molecule has 5 heteroatoms. The largest absolute Gasteiger partial charge is 0.315 e. The number of rotatable bonds is 0. The highest BCUT2D eigenvalue weighted by atomic mass is 127. The average Bonchev–Trinajstić information content (AvgIpc) is 1.20. The van der Waals surface area contributed by atoms with Crippen LogP contribution in [0, 0.1) is 0 Å². The first-order chi connectivity index (χ1) is 3.41. The molecule has 0 aliphatic carbocycles. The Kier molecular flexibility index (Phi) is 1.33. The van der Waals surface area contributed by atoms with Crippen molar-refractivity contribution in [3.63, 3.8) is 0 Å². The lowest BCUT2D eigenvalue weighted by Crippen LogP contribution is -2.56. The molecule has 2 N–H and O–H groups in total. The summed E-state index contributed by atoms with van der Waals surface area (Å²) in [6.45, 7) is 0. The van der Waals surface area contributed by atoms with Crippen LogP contribution < -0.4 is 5.73 Å². The molecule has 0 aromatic rings. The SMILES string of the molecule is NC1(I)CS(=O)(=O)C1. The van der Waals surface area contributed by atoms with Gasteiger partial charge in [-0.15, -0.1) is 0 Å². The van der Waals surface area contributed by atoms with Gasteiger partial charge in [0.05, 0.1) is 15.1 Å². The van der Waals surface area contributed by atoms with E-state index in [1.54, 1.807) is 0 Å². The van der Waals surface area contributed by atoms with E-state index in [2.05, 4.69) is 0 Å². The number of halogens is 1. The highest BCUT2D eigenvalue weighted by molar-refractivity contribution is 14.1. The van der Waals surface area contributed by atoms with Crippen molar-refractivity contribution in [1.82, 2.24) is 0 Å². The topological polar surface area (TPSA) is 60.2 Å². The quantitative estimate of drug-likeness (QED) is 0.357. The van der Waals surface area contributed by atoms with Crippen LogP contribution in [0.4, 0.5) is 0 Å². The monoisotopic (exact) mass is 247 g/mol. The Bertz CT molecular complexity index is 181. The fourth-order valence-electron chi connectivity index (χ4n) is 0.689. The Morgan fingerprint density at radius 2 is 1.88 bits per heavy atom. The summed E-state index contributed by atoms with van der Waals surface area (Å²) in [6.07, 6.45) is 0. The summed E-state index contributed by atoms with van der Waals surface area (Å²) < 4.78 is 20.4. The summed E-state index contributed by atoms with van der Waals surface area (Å²) in [4.78, 5) is 0. The van der Waals surface area contributed by atoms with Crippen LogP contribution >= 0.6 is 22.6 Å². The third-order valence-electron chi connectivity index (χ3n) is 0.920. The molecule has 48 valence electrons. The molecule has 0 spiro atoms. The second kappa shape index (κ2) is 1.57. The molecule has 1 rings (SSSR count). The van der Waals surface area contributed by atoms with Gasteiger partial charge in [0.1, 0.15) is 0 Å². The molecule has 0 radical (unpaired) electrons. The van der Waals surface area contributed by atoms with Gasteiger partial charge in [0.2, 0.25) is 0 Å². The molecule has 0 unspecified atom stereocenters. The molecule has 1 aliphatic rings. The minimum Gasteiger partial charge on any atom is -0.315 e. The molecule has 1 heterocycles. The van der Waals surface area contributed by atoms with E-state index in [0.29, 0.717) is 0 Å². The second-order valence-corrected chi connectivity index (χ2v) is 6.28. The molecule has 0 aromatic carbocycles. The predicted molar refractivity (Wildman–Crippen MR) is 39.6 cm³/mol. The zero-order valence-corrected chi connectivity index (χ0v) is 7.07. The van der Waals surface area contributed by atoms with E-state index in [-0.39, 0.29) is 11.5 Å². The molecule has 0 atom stereocenters. The van der Waals surface area contributed by atoms with Gasteiger partial charge in [-0.25, -0.2) is 8.42 Å². The number of hydrogen-bond donors (Lipinski definition) is 1. The van der Waals surface area contributed by atoms with Crippen molar-refractivity contribution in [3.05, 3.63) is 0 Å². The second-order valence-electron chi connectivity index (χ2n) is 2.07. The zero-order valence-electron chi connectivity index (χ0n) is 4.09. The van der Waals surface area contributed by atoms with E-state index >= 15 is 0 Å². The Labute approximate surface area is 61.7 Å². The Balaban J connectivity index is 2.68. The molecule has 0 saturated carbocycles. The van der Waals surface area contributed by atoms with Crippen molar-refractivity contribution in [3.8, 4) is 0 Å². The van der Waals surface area contributed by atoms with Crippen LogP contribution in [0.3, 0.4) is 0 Å². The van der Waals surface area contributed by atoms with Crippen LogP contribution in [0.15, 0.2) is 0 Å². The van der Waals surface area contributed by atoms with Gasteiger partial charge in [0, 0.05) is 0 Å². The summed E-state index contributed by atoms with van der Waals surface area (Å²) in [5.74, 6) is 0.279. The van der Waals surface area contributed by atoms with E-state index in [4.69, 9.17) is 5.73 Å². The zero-order chi connectivity index (χ0) is 6.41. The van der Waals surface area contributed by atoms with E-state index < -0.39 is 13.4 Å². The first-order valence-electron chi connectivity index (χ1n) is 2.10. The number of sulfone groups is 1. The maximum atomic E-state index is 10.4. The van der Waals surface area contributed by atoms with Gasteiger partial charge in [0.15, 0.2) is 9.84 Å². The minimum absolute atomic E-state index is 0.139. The molecule has 1 fully saturated rings. The molecule has 1 saturated heterocycles. The van der Waals surface area contributed by atoms with Gasteiger partial charge >= 0.3 is 0 Å². The van der Waals surface area contributed by atoms with E-state index in [1.165, 1.54) is 0 Å². The summed E-state index contributed by atoms with van der Waals surface area (Å²) in [5, 5.41) is 0. The van der Waals surface area contributed by atoms with Crippen LogP contribution in [0.5, 0.6) is 0 Å². The van der Waals surface area contributed by atoms with Crippen molar-refractivity contribution in [2.75, 3.05) is 11.5 Å². The molecular weight excluding hydrogens is 241 g/mol. The van der Waals surface area contributed by atoms with E-state index in [0.717, 1.165) is 0 Å². The number of hydrogen-bond acceptors (Lipinski definition) is 3. The summed E-state index contributed by atoms with van der Waals surface area (Å²) >= 11 is 1.95. The molecule has 3 nitrogen and oxygen atoms in total. The van der Waals surface area contributed by atoms with Gasteiger partial charge in [-0.05, 0) is 0 Å². The first-order valence-corrected chi connectivity index (χ1v) is 5.00. The highest BCUT2D eigenvalue weighted by Gasteiger charge is 2.42. The van der Waals surface area contributed by atoms with E-state index in [9.17, 15) is 8.42 Å². The van der Waals surface area contributed by atoms with Crippen LogP contribution in [-0.2, 0) is 9.84 Å². The minimum atomic E-state index is -2.72. The van der Waals surface area contributed by atoms with Gasteiger partial charge in [-0.1, -0.05) is 22.6 Å². The van der Waals surface area contributed by atoms with Crippen molar-refractivity contribution < 1.29 is 8.42 Å². The lowest BCUT2D eigenvalue weighted by atomic mass is 10.4. The normalized spacial score (nSPS) is 31.2. The van der Waals surface area contributed by atoms with Crippen molar-refractivity contribution in [1.29, 1.82) is 0 Å². The van der Waals surface area contributed by atoms with Crippen molar-refractivity contribution in [2.24, 2.45) is 5.73 Å². The fraction of sp³-hybridized carbons (Fsp3) is 1.00. The number of nitrogens with two attached hydrogens (primary N) is 1. The maximum Gasteiger partial charge on any atom is 0.155 e. The Morgan fingerprint density at radius 1 is 1.50 bits per heavy atom. The van der Waals surface area contributed by atoms with Crippen molar-refractivity contribution >= 4 is 32.4 Å². The summed E-state index contributed by atoms with van der Waals surface area (Å²) in [6, 6.07) is 0. The standard InChI is InChI=1S/C3H6INO2S/c4-3(5)1-8(6,7)2-3/h1-2,5H2. The molecule has 0 aromatic heterocycles. The lowest BCUT2D eigenvalue weighted by molar-refractivity contribution is 0.558. The highest BCUT2D eigenvalue weighted by Crippen LogP contribution is 2.26. The molecular formula is C3H6INO2S. The molecule has 0 amide bonds. The first kappa shape index (κ1) is 6.76. The van der Waals surface area contributed by atoms with Crippen LogP contribution in [-0.4, -0.2) is 23.5 Å². The van der Waals surface area contributed by atoms with E-state index in [1.807, 2.05) is 22.6 Å². The molecule has 0 bridgehead atoms. The Morgan fingerprint density at radius 3 is 1.88 bits per heavy atom. The van der Waals surface area contributed by atoms with Crippen LogP contribution in [0.1, 0.15) is 0 Å². The fourth-order valence-corrected chi connectivity index (χ4v) is 4.91. The molecule has 1 aliphatic heterocycles. The third-order valence-corrected chi connectivity index (χ3v) is 4.63. The summed E-state index contributed by atoms with van der Waals surface area (Å²) in [5.41, 5.74) is 5.40. The van der Waals surface area contributed by atoms with Crippen LogP contribution in [0.25, 0.3) is 0 Å². The Hall–Kier alpha value is 0.640. The predicted octanol–water partition coefficient (Wildman–Crippen LogP) is -0.495. The van der Waals surface area contributed by atoms with Gasteiger partial charge in [0.25, 0.3) is 0 Å².